The predicted octanol–water partition coefficient (Wildman–Crippen LogP) is 1.16. The van der Waals surface area contributed by atoms with Crippen LogP contribution in [0.1, 0.15) is 28.8 Å². The number of benzene rings is 1. The molecule has 0 spiro atoms. The van der Waals surface area contributed by atoms with Gasteiger partial charge in [0.1, 0.15) is 17.3 Å². The van der Waals surface area contributed by atoms with E-state index in [9.17, 15) is 22.4 Å². The van der Waals surface area contributed by atoms with E-state index in [1.807, 2.05) is 0 Å². The molecule has 1 atom stereocenters. The molecular weight excluding hydrogens is 365 g/mol. The van der Waals surface area contributed by atoms with Crippen LogP contribution in [0.3, 0.4) is 0 Å². The third-order valence-electron chi connectivity index (χ3n) is 3.43. The van der Waals surface area contributed by atoms with Gasteiger partial charge >= 0.3 is 0 Å². The standard InChI is InChI=1S/C16H18FN3O5S/c1-9-8-14(11(3)25-9)16(22)19-18-15(21)10(2)20-26(23,24)13-6-4-12(17)5-7-13/h4-8,10,20H,1-3H3,(H,18,21)(H,19,22)/t10-/m0/s1. The summed E-state index contributed by atoms with van der Waals surface area (Å²) >= 11 is 0. The third-order valence-corrected chi connectivity index (χ3v) is 4.99. The summed E-state index contributed by atoms with van der Waals surface area (Å²) in [6.45, 7) is 4.58. The molecule has 0 saturated carbocycles. The highest BCUT2D eigenvalue weighted by Gasteiger charge is 2.23. The lowest BCUT2D eigenvalue weighted by Gasteiger charge is -2.14. The van der Waals surface area contributed by atoms with Crippen molar-refractivity contribution in [3.63, 3.8) is 0 Å². The van der Waals surface area contributed by atoms with Gasteiger partial charge in [-0.3, -0.25) is 20.4 Å². The molecule has 0 fully saturated rings. The van der Waals surface area contributed by atoms with Crippen LogP contribution in [0.4, 0.5) is 4.39 Å². The van der Waals surface area contributed by atoms with Gasteiger partial charge in [-0.15, -0.1) is 0 Å². The Hall–Kier alpha value is -2.72. The van der Waals surface area contributed by atoms with E-state index in [0.29, 0.717) is 11.5 Å². The Kier molecular flexibility index (Phi) is 5.78. The van der Waals surface area contributed by atoms with Crippen molar-refractivity contribution in [2.75, 3.05) is 0 Å². The first-order chi connectivity index (χ1) is 12.1. The van der Waals surface area contributed by atoms with Gasteiger partial charge < -0.3 is 4.42 Å². The van der Waals surface area contributed by atoms with Gasteiger partial charge in [0.05, 0.1) is 16.5 Å². The molecule has 0 saturated heterocycles. The lowest BCUT2D eigenvalue weighted by atomic mass is 10.2. The fourth-order valence-corrected chi connectivity index (χ4v) is 3.32. The summed E-state index contributed by atoms with van der Waals surface area (Å²) < 4.78 is 44.5. The molecule has 0 aliphatic heterocycles. The van der Waals surface area contributed by atoms with Gasteiger partial charge in [-0.05, 0) is 51.1 Å². The molecule has 0 aliphatic rings. The summed E-state index contributed by atoms with van der Waals surface area (Å²) in [7, 11) is -4.02. The number of hydrogen-bond acceptors (Lipinski definition) is 5. The maximum absolute atomic E-state index is 12.9. The van der Waals surface area contributed by atoms with Gasteiger partial charge in [-0.25, -0.2) is 12.8 Å². The highest BCUT2D eigenvalue weighted by atomic mass is 32.2. The summed E-state index contributed by atoms with van der Waals surface area (Å²) in [5, 5.41) is 0. The Bertz CT molecular complexity index is 922. The van der Waals surface area contributed by atoms with Gasteiger partial charge in [-0.1, -0.05) is 0 Å². The third kappa shape index (κ3) is 4.67. The van der Waals surface area contributed by atoms with Crippen LogP contribution >= 0.6 is 0 Å². The van der Waals surface area contributed by atoms with Gasteiger partial charge in [0.2, 0.25) is 10.0 Å². The minimum absolute atomic E-state index is 0.188. The molecule has 8 nitrogen and oxygen atoms in total. The van der Waals surface area contributed by atoms with Crippen molar-refractivity contribution in [3.05, 3.63) is 53.2 Å². The Labute approximate surface area is 149 Å². The van der Waals surface area contributed by atoms with Crippen molar-refractivity contribution in [1.82, 2.24) is 15.6 Å². The zero-order chi connectivity index (χ0) is 19.5. The first kappa shape index (κ1) is 19.6. The average Bonchev–Trinajstić information content (AvgIpc) is 2.90. The molecule has 0 radical (unpaired) electrons. The lowest BCUT2D eigenvalue weighted by Crippen LogP contribution is -2.51. The smallest absolute Gasteiger partial charge is 0.273 e. The maximum atomic E-state index is 12.9. The number of furan rings is 1. The monoisotopic (exact) mass is 383 g/mol. The van der Waals surface area contributed by atoms with E-state index in [-0.39, 0.29) is 10.5 Å². The fraction of sp³-hybridized carbons (Fsp3) is 0.250. The second kappa shape index (κ2) is 7.67. The second-order valence-corrected chi connectivity index (χ2v) is 7.28. The number of carbonyl (C=O) groups is 2. The van der Waals surface area contributed by atoms with Crippen LogP contribution in [0.5, 0.6) is 0 Å². The van der Waals surface area contributed by atoms with Gasteiger partial charge in [0, 0.05) is 0 Å². The first-order valence-electron chi connectivity index (χ1n) is 7.55. The van der Waals surface area contributed by atoms with Crippen molar-refractivity contribution in [2.24, 2.45) is 0 Å². The SMILES string of the molecule is Cc1cc(C(=O)NNC(=O)[C@H](C)NS(=O)(=O)c2ccc(F)cc2)c(C)o1. The Morgan fingerprint density at radius 1 is 1.12 bits per heavy atom. The quantitative estimate of drug-likeness (QED) is 0.670. The zero-order valence-electron chi connectivity index (χ0n) is 14.3. The van der Waals surface area contributed by atoms with E-state index in [2.05, 4.69) is 15.6 Å². The molecule has 2 rings (SSSR count). The van der Waals surface area contributed by atoms with E-state index in [1.165, 1.54) is 13.0 Å². The van der Waals surface area contributed by atoms with E-state index in [0.717, 1.165) is 24.3 Å². The molecule has 140 valence electrons. The van der Waals surface area contributed by atoms with Crippen molar-refractivity contribution in [2.45, 2.75) is 31.7 Å². The summed E-state index contributed by atoms with van der Waals surface area (Å²) in [6.07, 6.45) is 0. The number of carbonyl (C=O) groups excluding carboxylic acids is 2. The highest BCUT2D eigenvalue weighted by Crippen LogP contribution is 2.13. The molecule has 3 N–H and O–H groups in total. The van der Waals surface area contributed by atoms with Crippen LogP contribution in [0, 0.1) is 19.7 Å². The normalized spacial score (nSPS) is 12.5. The second-order valence-electron chi connectivity index (χ2n) is 5.57. The number of halogens is 1. The molecule has 0 unspecified atom stereocenters. The molecule has 2 amide bonds. The minimum Gasteiger partial charge on any atom is -0.466 e. The molecule has 1 heterocycles. The van der Waals surface area contributed by atoms with Crippen molar-refractivity contribution >= 4 is 21.8 Å². The molecule has 0 bridgehead atoms. The largest absolute Gasteiger partial charge is 0.466 e. The number of sulfonamides is 1. The molecule has 26 heavy (non-hydrogen) atoms. The zero-order valence-corrected chi connectivity index (χ0v) is 15.1. The van der Waals surface area contributed by atoms with Crippen LogP contribution in [-0.2, 0) is 14.8 Å². The number of hydrogen-bond donors (Lipinski definition) is 3. The number of aryl methyl sites for hydroxylation is 2. The first-order valence-corrected chi connectivity index (χ1v) is 9.03. The Morgan fingerprint density at radius 3 is 2.27 bits per heavy atom. The van der Waals surface area contributed by atoms with Crippen molar-refractivity contribution in [3.8, 4) is 0 Å². The molecule has 10 heteroatoms. The summed E-state index contributed by atoms with van der Waals surface area (Å²) in [6, 6.07) is 4.47. The molecule has 1 aromatic carbocycles. The van der Waals surface area contributed by atoms with Crippen LogP contribution in [0.25, 0.3) is 0 Å². The molecule has 1 aromatic heterocycles. The highest BCUT2D eigenvalue weighted by molar-refractivity contribution is 7.89. The van der Waals surface area contributed by atoms with Gasteiger partial charge in [0.25, 0.3) is 11.8 Å². The summed E-state index contributed by atoms with van der Waals surface area (Å²) in [5.74, 6) is -1.02. The number of rotatable bonds is 5. The topological polar surface area (TPSA) is 118 Å². The number of hydrazine groups is 1. The van der Waals surface area contributed by atoms with E-state index in [4.69, 9.17) is 4.42 Å². The Balaban J connectivity index is 1.96. The van der Waals surface area contributed by atoms with Crippen LogP contribution in [-0.4, -0.2) is 26.3 Å². The lowest BCUT2D eigenvalue weighted by molar-refractivity contribution is -0.123. The fourth-order valence-electron chi connectivity index (χ4n) is 2.12. The van der Waals surface area contributed by atoms with Crippen molar-refractivity contribution in [1.29, 1.82) is 0 Å². The van der Waals surface area contributed by atoms with Crippen LogP contribution in [0.2, 0.25) is 0 Å². The number of nitrogens with one attached hydrogen (secondary N) is 3. The van der Waals surface area contributed by atoms with Crippen LogP contribution in [0.15, 0.2) is 39.6 Å². The average molecular weight is 383 g/mol. The molecular formula is C16H18FN3O5S. The summed E-state index contributed by atoms with van der Waals surface area (Å²) in [4.78, 5) is 23.8. The maximum Gasteiger partial charge on any atom is 0.273 e. The van der Waals surface area contributed by atoms with Gasteiger partial charge in [0.15, 0.2) is 0 Å². The van der Waals surface area contributed by atoms with E-state index < -0.39 is 33.7 Å². The molecule has 2 aromatic rings. The van der Waals surface area contributed by atoms with E-state index in [1.54, 1.807) is 13.8 Å². The number of amides is 2. The van der Waals surface area contributed by atoms with E-state index >= 15 is 0 Å². The molecule has 0 aliphatic carbocycles. The van der Waals surface area contributed by atoms with Crippen LogP contribution < -0.4 is 15.6 Å². The Morgan fingerprint density at radius 2 is 1.73 bits per heavy atom. The predicted molar refractivity (Wildman–Crippen MR) is 90.0 cm³/mol. The van der Waals surface area contributed by atoms with Crippen molar-refractivity contribution < 1.29 is 26.8 Å². The minimum atomic E-state index is -4.02. The summed E-state index contributed by atoms with van der Waals surface area (Å²) in [5.41, 5.74) is 4.57. The van der Waals surface area contributed by atoms with Gasteiger partial charge in [-0.2, -0.15) is 4.72 Å².